The first-order valence-electron chi connectivity index (χ1n) is 7.29. The fourth-order valence-corrected chi connectivity index (χ4v) is 2.90. The summed E-state index contributed by atoms with van der Waals surface area (Å²) < 4.78 is 2.50. The summed E-state index contributed by atoms with van der Waals surface area (Å²) in [6, 6.07) is 0. The van der Waals surface area contributed by atoms with E-state index in [1.807, 2.05) is 0 Å². The van der Waals surface area contributed by atoms with Crippen molar-refractivity contribution in [3.8, 4) is 0 Å². The van der Waals surface area contributed by atoms with Gasteiger partial charge in [0.05, 0.1) is 0 Å². The molecule has 1 nitrogen and oxygen atoms in total. The van der Waals surface area contributed by atoms with Crippen molar-refractivity contribution < 1.29 is 17.0 Å². The first kappa shape index (κ1) is 17.4. The van der Waals surface area contributed by atoms with Crippen molar-refractivity contribution in [2.24, 2.45) is 0 Å². The second-order valence-electron chi connectivity index (χ2n) is 4.67. The summed E-state index contributed by atoms with van der Waals surface area (Å²) in [5, 5.41) is 0. The van der Waals surface area contributed by atoms with Gasteiger partial charge in [-0.1, -0.05) is 34.6 Å². The van der Waals surface area contributed by atoms with Crippen LogP contribution in [0.1, 0.15) is 63.4 Å². The quantitative estimate of drug-likeness (QED) is 0.668. The van der Waals surface area contributed by atoms with Crippen LogP contribution >= 0.6 is 0 Å². The Balaban J connectivity index is 0.00000289. The first-order chi connectivity index (χ1) is 8.23. The molecule has 0 amide bonds. The molecule has 104 valence electrons. The summed E-state index contributed by atoms with van der Waals surface area (Å²) in [7, 11) is 0. The van der Waals surface area contributed by atoms with Gasteiger partial charge in [0.15, 0.2) is 11.9 Å². The Labute approximate surface area is 119 Å². The molecule has 0 fully saturated rings. The SMILES string of the molecule is CCC[n+]1cc(CC)c(CC)c(CC)c1CC.[Cl-]. The molecule has 18 heavy (non-hydrogen) atoms. The molecular formula is C16H28ClN. The maximum absolute atomic E-state index is 2.50. The lowest BCUT2D eigenvalue weighted by atomic mass is 9.94. The van der Waals surface area contributed by atoms with Crippen LogP contribution in [0.2, 0.25) is 0 Å². The van der Waals surface area contributed by atoms with Gasteiger partial charge in [-0.3, -0.25) is 0 Å². The highest BCUT2D eigenvalue weighted by molar-refractivity contribution is 5.34. The van der Waals surface area contributed by atoms with Gasteiger partial charge in [-0.05, 0) is 24.8 Å². The van der Waals surface area contributed by atoms with Crippen molar-refractivity contribution in [3.05, 3.63) is 28.6 Å². The van der Waals surface area contributed by atoms with Gasteiger partial charge in [0.25, 0.3) is 0 Å². The molecule has 1 aromatic rings. The average molecular weight is 270 g/mol. The predicted octanol–water partition coefficient (Wildman–Crippen LogP) is 0.638. The average Bonchev–Trinajstić information content (AvgIpc) is 2.37. The van der Waals surface area contributed by atoms with Crippen LogP contribution in [0.5, 0.6) is 0 Å². The van der Waals surface area contributed by atoms with E-state index in [1.165, 1.54) is 19.3 Å². The van der Waals surface area contributed by atoms with E-state index in [4.69, 9.17) is 0 Å². The number of rotatable bonds is 6. The van der Waals surface area contributed by atoms with Crippen molar-refractivity contribution in [2.45, 2.75) is 73.3 Å². The number of hydrogen-bond donors (Lipinski definition) is 0. The first-order valence-corrected chi connectivity index (χ1v) is 7.29. The molecule has 0 N–H and O–H groups in total. The molecule has 0 atom stereocenters. The molecule has 0 aliphatic heterocycles. The predicted molar refractivity (Wildman–Crippen MR) is 74.4 cm³/mol. The summed E-state index contributed by atoms with van der Waals surface area (Å²) in [5.74, 6) is 0. The Morgan fingerprint density at radius 2 is 1.44 bits per heavy atom. The molecule has 0 aromatic carbocycles. The van der Waals surface area contributed by atoms with E-state index in [0.717, 1.165) is 19.4 Å². The highest BCUT2D eigenvalue weighted by Gasteiger charge is 2.19. The molecule has 0 spiro atoms. The Bertz CT molecular complexity index is 372. The molecule has 0 unspecified atom stereocenters. The zero-order valence-electron chi connectivity index (χ0n) is 12.6. The molecule has 0 saturated carbocycles. The van der Waals surface area contributed by atoms with E-state index in [-0.39, 0.29) is 12.4 Å². The number of nitrogens with zero attached hydrogens (tertiary/aromatic N) is 1. The van der Waals surface area contributed by atoms with Crippen molar-refractivity contribution in [1.29, 1.82) is 0 Å². The molecule has 0 aliphatic carbocycles. The van der Waals surface area contributed by atoms with E-state index in [0.29, 0.717) is 0 Å². The van der Waals surface area contributed by atoms with E-state index in [9.17, 15) is 0 Å². The minimum Gasteiger partial charge on any atom is -1.00 e. The summed E-state index contributed by atoms with van der Waals surface area (Å²) in [6.45, 7) is 12.6. The van der Waals surface area contributed by atoms with Crippen LogP contribution in [0.25, 0.3) is 0 Å². The van der Waals surface area contributed by atoms with Crippen LogP contribution in [0, 0.1) is 0 Å². The number of aromatic nitrogens is 1. The lowest BCUT2D eigenvalue weighted by molar-refractivity contribution is -0.704. The number of aryl methyl sites for hydroxylation is 2. The van der Waals surface area contributed by atoms with Gasteiger partial charge in [0.1, 0.15) is 6.54 Å². The highest BCUT2D eigenvalue weighted by Crippen LogP contribution is 2.19. The van der Waals surface area contributed by atoms with Crippen molar-refractivity contribution in [2.75, 3.05) is 0 Å². The van der Waals surface area contributed by atoms with Gasteiger partial charge in [0, 0.05) is 24.0 Å². The van der Waals surface area contributed by atoms with Crippen molar-refractivity contribution in [1.82, 2.24) is 0 Å². The summed E-state index contributed by atoms with van der Waals surface area (Å²) in [5.41, 5.74) is 6.33. The topological polar surface area (TPSA) is 3.88 Å². The number of hydrogen-bond acceptors (Lipinski definition) is 0. The minimum absolute atomic E-state index is 0. The summed E-state index contributed by atoms with van der Waals surface area (Å²) >= 11 is 0. The third kappa shape index (κ3) is 3.47. The maximum atomic E-state index is 2.50. The second-order valence-corrected chi connectivity index (χ2v) is 4.67. The second kappa shape index (κ2) is 8.53. The number of halogens is 1. The molecule has 0 aliphatic rings. The van der Waals surface area contributed by atoms with Gasteiger partial charge in [-0.25, -0.2) is 4.57 Å². The lowest BCUT2D eigenvalue weighted by Gasteiger charge is -2.14. The molecule has 0 saturated heterocycles. The van der Waals surface area contributed by atoms with Crippen LogP contribution in [0.3, 0.4) is 0 Å². The maximum Gasteiger partial charge on any atom is 0.184 e. The van der Waals surface area contributed by atoms with Crippen molar-refractivity contribution in [3.63, 3.8) is 0 Å². The highest BCUT2D eigenvalue weighted by atomic mass is 35.5. The van der Waals surface area contributed by atoms with Crippen LogP contribution in [0.15, 0.2) is 6.20 Å². The van der Waals surface area contributed by atoms with E-state index in [2.05, 4.69) is 45.4 Å². The normalized spacial score (nSPS) is 10.3. The lowest BCUT2D eigenvalue weighted by Crippen LogP contribution is -3.00. The zero-order chi connectivity index (χ0) is 12.8. The molecule has 1 aromatic heterocycles. The molecule has 0 bridgehead atoms. The molecule has 1 heterocycles. The fraction of sp³-hybridized carbons (Fsp3) is 0.688. The standard InChI is InChI=1S/C16H28N.ClH/c1-6-11-17-12-13(7-2)14(8-3)15(9-4)16(17)10-5;/h12H,6-11H2,1-5H3;1H/q+1;/p-1. The Hall–Kier alpha value is -0.560. The van der Waals surface area contributed by atoms with Crippen LogP contribution in [-0.4, -0.2) is 0 Å². The molecule has 1 rings (SSSR count). The Kier molecular flexibility index (Phi) is 8.26. The third-order valence-electron chi connectivity index (χ3n) is 3.65. The Morgan fingerprint density at radius 1 is 0.833 bits per heavy atom. The van der Waals surface area contributed by atoms with Gasteiger partial charge in [-0.2, -0.15) is 0 Å². The molecule has 0 radical (unpaired) electrons. The van der Waals surface area contributed by atoms with E-state index < -0.39 is 0 Å². The van der Waals surface area contributed by atoms with Crippen LogP contribution in [-0.2, 0) is 32.2 Å². The van der Waals surface area contributed by atoms with E-state index in [1.54, 1.807) is 22.4 Å². The Morgan fingerprint density at radius 3 is 1.83 bits per heavy atom. The minimum atomic E-state index is 0. The molecular weight excluding hydrogens is 242 g/mol. The smallest absolute Gasteiger partial charge is 0.184 e. The zero-order valence-corrected chi connectivity index (χ0v) is 13.4. The fourth-order valence-electron chi connectivity index (χ4n) is 2.90. The van der Waals surface area contributed by atoms with E-state index >= 15 is 0 Å². The van der Waals surface area contributed by atoms with Crippen LogP contribution < -0.4 is 17.0 Å². The van der Waals surface area contributed by atoms with Gasteiger partial charge in [-0.15, -0.1) is 0 Å². The monoisotopic (exact) mass is 269 g/mol. The summed E-state index contributed by atoms with van der Waals surface area (Å²) in [6.07, 6.45) is 8.27. The largest absolute Gasteiger partial charge is 1.00 e. The van der Waals surface area contributed by atoms with Gasteiger partial charge >= 0.3 is 0 Å². The van der Waals surface area contributed by atoms with Gasteiger partial charge in [0.2, 0.25) is 0 Å². The number of pyridine rings is 1. The van der Waals surface area contributed by atoms with Crippen LogP contribution in [0.4, 0.5) is 0 Å². The van der Waals surface area contributed by atoms with Crippen molar-refractivity contribution >= 4 is 0 Å². The molecule has 2 heteroatoms. The van der Waals surface area contributed by atoms with Gasteiger partial charge < -0.3 is 12.4 Å². The third-order valence-corrected chi connectivity index (χ3v) is 3.65. The summed E-state index contributed by atoms with van der Waals surface area (Å²) in [4.78, 5) is 0.